The minimum Gasteiger partial charge on any atom is -0.477 e. The maximum atomic E-state index is 10.9. The molecule has 0 aliphatic rings. The maximum absolute atomic E-state index is 10.9. The summed E-state index contributed by atoms with van der Waals surface area (Å²) in [6.45, 7) is 1.30. The van der Waals surface area contributed by atoms with E-state index in [-0.39, 0.29) is 22.9 Å². The third-order valence-electron chi connectivity index (χ3n) is 1.43. The Bertz CT molecular complexity index is 341. The molecule has 5 nitrogen and oxygen atoms in total. The van der Waals surface area contributed by atoms with Crippen molar-refractivity contribution in [1.82, 2.24) is 4.98 Å². The molecular formula is C8H8N2O3. The number of carbonyl (C=O) groups excluding carboxylic acids is 1. The van der Waals surface area contributed by atoms with Crippen LogP contribution in [0.2, 0.25) is 0 Å². The highest BCUT2D eigenvalue weighted by molar-refractivity contribution is 5.95. The van der Waals surface area contributed by atoms with Gasteiger partial charge in [0.1, 0.15) is 5.69 Å². The van der Waals surface area contributed by atoms with Crippen LogP contribution in [0.4, 0.5) is 5.69 Å². The van der Waals surface area contributed by atoms with E-state index in [0.29, 0.717) is 0 Å². The molecule has 1 rings (SSSR count). The SMILES string of the molecule is CC(=O)c1cc(N)cc(C(=O)O)n1. The first-order valence-electron chi connectivity index (χ1n) is 3.52. The van der Waals surface area contributed by atoms with E-state index in [1.54, 1.807) is 0 Å². The van der Waals surface area contributed by atoms with Crippen LogP contribution in [0.15, 0.2) is 12.1 Å². The van der Waals surface area contributed by atoms with Crippen molar-refractivity contribution in [2.45, 2.75) is 6.92 Å². The number of hydrogen-bond donors (Lipinski definition) is 2. The minimum atomic E-state index is -1.20. The van der Waals surface area contributed by atoms with Crippen LogP contribution < -0.4 is 5.73 Å². The number of Topliss-reactive ketones (excluding diaryl/α,β-unsaturated/α-hetero) is 1. The Kier molecular flexibility index (Phi) is 2.27. The lowest BCUT2D eigenvalue weighted by Gasteiger charge is -1.99. The third kappa shape index (κ3) is 2.02. The number of carboxylic acids is 1. The standard InChI is InChI=1S/C8H8N2O3/c1-4(11)6-2-5(9)3-7(10-6)8(12)13/h2-3H,1H3,(H2,9,10)(H,12,13). The van der Waals surface area contributed by atoms with Gasteiger partial charge in [-0.25, -0.2) is 9.78 Å². The number of carboxylic acid groups (broad SMARTS) is 1. The van der Waals surface area contributed by atoms with Crippen molar-refractivity contribution >= 4 is 17.4 Å². The molecule has 0 saturated carbocycles. The van der Waals surface area contributed by atoms with E-state index in [2.05, 4.69) is 4.98 Å². The number of ketones is 1. The van der Waals surface area contributed by atoms with Crippen LogP contribution in [-0.4, -0.2) is 21.8 Å². The van der Waals surface area contributed by atoms with Gasteiger partial charge in [0.15, 0.2) is 11.5 Å². The van der Waals surface area contributed by atoms with Crippen molar-refractivity contribution in [2.75, 3.05) is 5.73 Å². The van der Waals surface area contributed by atoms with Crippen molar-refractivity contribution in [1.29, 1.82) is 0 Å². The molecule has 0 aromatic carbocycles. The summed E-state index contributed by atoms with van der Waals surface area (Å²) >= 11 is 0. The highest BCUT2D eigenvalue weighted by Crippen LogP contribution is 2.08. The van der Waals surface area contributed by atoms with Gasteiger partial charge in [-0.1, -0.05) is 0 Å². The first kappa shape index (κ1) is 9.18. The fraction of sp³-hybridized carbons (Fsp3) is 0.125. The zero-order chi connectivity index (χ0) is 10.0. The highest BCUT2D eigenvalue weighted by atomic mass is 16.4. The molecule has 1 heterocycles. The average molecular weight is 180 g/mol. The molecule has 68 valence electrons. The Morgan fingerprint density at radius 1 is 1.38 bits per heavy atom. The van der Waals surface area contributed by atoms with Gasteiger partial charge in [0, 0.05) is 12.6 Å². The number of carbonyl (C=O) groups is 2. The number of pyridine rings is 1. The van der Waals surface area contributed by atoms with Crippen LogP contribution in [0, 0.1) is 0 Å². The molecule has 1 aromatic rings. The van der Waals surface area contributed by atoms with Crippen molar-refractivity contribution in [3.05, 3.63) is 23.5 Å². The molecule has 0 fully saturated rings. The molecule has 5 heteroatoms. The van der Waals surface area contributed by atoms with Gasteiger partial charge in [0.05, 0.1) is 0 Å². The van der Waals surface area contributed by atoms with Crippen LogP contribution in [0.1, 0.15) is 27.9 Å². The Hall–Kier alpha value is -1.91. The van der Waals surface area contributed by atoms with E-state index in [4.69, 9.17) is 10.8 Å². The van der Waals surface area contributed by atoms with Gasteiger partial charge in [-0.05, 0) is 12.1 Å². The molecule has 0 amide bonds. The lowest BCUT2D eigenvalue weighted by Crippen LogP contribution is -2.07. The summed E-state index contributed by atoms with van der Waals surface area (Å²) < 4.78 is 0. The van der Waals surface area contributed by atoms with Crippen molar-refractivity contribution in [3.63, 3.8) is 0 Å². The van der Waals surface area contributed by atoms with Gasteiger partial charge in [0.2, 0.25) is 0 Å². The summed E-state index contributed by atoms with van der Waals surface area (Å²) in [5, 5.41) is 8.59. The van der Waals surface area contributed by atoms with Crippen molar-refractivity contribution < 1.29 is 14.7 Å². The Morgan fingerprint density at radius 2 is 1.92 bits per heavy atom. The molecule has 0 spiro atoms. The van der Waals surface area contributed by atoms with Gasteiger partial charge < -0.3 is 10.8 Å². The van der Waals surface area contributed by atoms with E-state index in [1.807, 2.05) is 0 Å². The summed E-state index contributed by atoms with van der Waals surface area (Å²) in [4.78, 5) is 25.0. The second-order valence-electron chi connectivity index (χ2n) is 2.53. The number of nitrogens with zero attached hydrogens (tertiary/aromatic N) is 1. The number of aromatic carboxylic acids is 1. The molecule has 0 aliphatic heterocycles. The quantitative estimate of drug-likeness (QED) is 0.648. The molecular weight excluding hydrogens is 172 g/mol. The van der Waals surface area contributed by atoms with E-state index in [0.717, 1.165) is 0 Å². The molecule has 1 aromatic heterocycles. The fourth-order valence-electron chi connectivity index (χ4n) is 0.842. The van der Waals surface area contributed by atoms with E-state index < -0.39 is 5.97 Å². The van der Waals surface area contributed by atoms with Gasteiger partial charge in [-0.3, -0.25) is 4.79 Å². The third-order valence-corrected chi connectivity index (χ3v) is 1.43. The lowest BCUT2D eigenvalue weighted by atomic mass is 10.2. The number of aromatic nitrogens is 1. The smallest absolute Gasteiger partial charge is 0.354 e. The number of nitrogens with two attached hydrogens (primary N) is 1. The molecule has 0 atom stereocenters. The number of nitrogen functional groups attached to an aromatic ring is 1. The highest BCUT2D eigenvalue weighted by Gasteiger charge is 2.09. The fourth-order valence-corrected chi connectivity index (χ4v) is 0.842. The molecule has 13 heavy (non-hydrogen) atoms. The number of anilines is 1. The largest absolute Gasteiger partial charge is 0.477 e. The second kappa shape index (κ2) is 3.22. The van der Waals surface area contributed by atoms with Crippen LogP contribution in [0.3, 0.4) is 0 Å². The summed E-state index contributed by atoms with van der Waals surface area (Å²) in [5.74, 6) is -1.51. The molecule has 0 aliphatic carbocycles. The summed E-state index contributed by atoms with van der Waals surface area (Å²) in [5.41, 5.74) is 5.45. The number of hydrogen-bond acceptors (Lipinski definition) is 4. The first-order valence-corrected chi connectivity index (χ1v) is 3.52. The first-order chi connectivity index (χ1) is 6.00. The molecule has 3 N–H and O–H groups in total. The van der Waals surface area contributed by atoms with Crippen LogP contribution in [0.25, 0.3) is 0 Å². The van der Waals surface area contributed by atoms with Crippen molar-refractivity contribution in [3.8, 4) is 0 Å². The zero-order valence-electron chi connectivity index (χ0n) is 6.94. The van der Waals surface area contributed by atoms with Crippen LogP contribution in [-0.2, 0) is 0 Å². The maximum Gasteiger partial charge on any atom is 0.354 e. The van der Waals surface area contributed by atoms with E-state index in [1.165, 1.54) is 19.1 Å². The summed E-state index contributed by atoms with van der Waals surface area (Å²) in [6, 6.07) is 2.55. The Labute approximate surface area is 74.2 Å². The molecule has 0 unspecified atom stereocenters. The minimum absolute atomic E-state index is 0.0670. The Morgan fingerprint density at radius 3 is 2.38 bits per heavy atom. The second-order valence-corrected chi connectivity index (χ2v) is 2.53. The average Bonchev–Trinajstić information content (AvgIpc) is 2.03. The molecule has 0 radical (unpaired) electrons. The molecule has 0 bridgehead atoms. The summed E-state index contributed by atoms with van der Waals surface area (Å²) in [7, 11) is 0. The van der Waals surface area contributed by atoms with E-state index in [9.17, 15) is 9.59 Å². The topological polar surface area (TPSA) is 93.3 Å². The number of rotatable bonds is 2. The van der Waals surface area contributed by atoms with Gasteiger partial charge in [-0.2, -0.15) is 0 Å². The predicted octanol–water partition coefficient (Wildman–Crippen LogP) is 0.565. The van der Waals surface area contributed by atoms with Gasteiger partial charge in [-0.15, -0.1) is 0 Å². The van der Waals surface area contributed by atoms with Gasteiger partial charge >= 0.3 is 5.97 Å². The summed E-state index contributed by atoms with van der Waals surface area (Å²) in [6.07, 6.45) is 0. The molecule has 0 saturated heterocycles. The predicted molar refractivity (Wildman–Crippen MR) is 45.6 cm³/mol. The normalized spacial score (nSPS) is 9.62. The van der Waals surface area contributed by atoms with Crippen LogP contribution in [0.5, 0.6) is 0 Å². The van der Waals surface area contributed by atoms with E-state index >= 15 is 0 Å². The monoisotopic (exact) mass is 180 g/mol. The van der Waals surface area contributed by atoms with Gasteiger partial charge in [0.25, 0.3) is 0 Å². The Balaban J connectivity index is 3.26. The van der Waals surface area contributed by atoms with Crippen molar-refractivity contribution in [2.24, 2.45) is 0 Å². The zero-order valence-corrected chi connectivity index (χ0v) is 6.94. The van der Waals surface area contributed by atoms with Crippen LogP contribution >= 0.6 is 0 Å². The lowest BCUT2D eigenvalue weighted by molar-refractivity contribution is 0.0690.